The monoisotopic (exact) mass is 299 g/mol. The number of halogens is 2. The second kappa shape index (κ2) is 3.39. The first kappa shape index (κ1) is 9.16. The first-order chi connectivity index (χ1) is 6.16. The normalized spacial score (nSPS) is 10.7. The third kappa shape index (κ3) is 1.76. The second-order valence-electron chi connectivity index (χ2n) is 2.91. The maximum atomic E-state index is 4.44. The van der Waals surface area contributed by atoms with Gasteiger partial charge in [0.05, 0.1) is 5.52 Å². The van der Waals surface area contributed by atoms with Crippen LogP contribution >= 0.6 is 31.9 Å². The van der Waals surface area contributed by atoms with E-state index in [0.717, 1.165) is 25.5 Å². The van der Waals surface area contributed by atoms with E-state index in [2.05, 4.69) is 42.9 Å². The highest BCUT2D eigenvalue weighted by Crippen LogP contribution is 2.27. The number of rotatable bonds is 0. The molecule has 1 heterocycles. The molecule has 1 aromatic carbocycles. The number of pyridine rings is 1. The molecular formula is C10H7Br2N. The molecule has 0 radical (unpaired) electrons. The average molecular weight is 301 g/mol. The molecule has 0 atom stereocenters. The van der Waals surface area contributed by atoms with E-state index in [1.54, 1.807) is 0 Å². The van der Waals surface area contributed by atoms with Crippen LogP contribution < -0.4 is 0 Å². The fourth-order valence-corrected chi connectivity index (χ4v) is 2.59. The van der Waals surface area contributed by atoms with Gasteiger partial charge in [-0.1, -0.05) is 31.9 Å². The third-order valence-electron chi connectivity index (χ3n) is 1.86. The van der Waals surface area contributed by atoms with Crippen LogP contribution in [0.3, 0.4) is 0 Å². The Morgan fingerprint density at radius 1 is 1.15 bits per heavy atom. The molecule has 0 spiro atoms. The van der Waals surface area contributed by atoms with E-state index in [1.807, 2.05) is 25.1 Å². The first-order valence-electron chi connectivity index (χ1n) is 3.89. The highest BCUT2D eigenvalue weighted by Gasteiger charge is 2.01. The van der Waals surface area contributed by atoms with Gasteiger partial charge in [-0.15, -0.1) is 0 Å². The summed E-state index contributed by atoms with van der Waals surface area (Å²) in [6, 6.07) is 8.14. The zero-order valence-corrected chi connectivity index (χ0v) is 10.2. The number of fused-ring (bicyclic) bond motifs is 1. The summed E-state index contributed by atoms with van der Waals surface area (Å²) in [6.07, 6.45) is 0. The van der Waals surface area contributed by atoms with Gasteiger partial charge in [0.15, 0.2) is 0 Å². The Morgan fingerprint density at radius 3 is 2.69 bits per heavy atom. The predicted molar refractivity (Wildman–Crippen MR) is 61.9 cm³/mol. The van der Waals surface area contributed by atoms with Gasteiger partial charge in [0.25, 0.3) is 0 Å². The molecular weight excluding hydrogens is 294 g/mol. The highest BCUT2D eigenvalue weighted by molar-refractivity contribution is 9.11. The number of aryl methyl sites for hydroxylation is 1. The molecule has 0 saturated heterocycles. The smallest absolute Gasteiger partial charge is 0.0727 e. The van der Waals surface area contributed by atoms with E-state index >= 15 is 0 Å². The lowest BCUT2D eigenvalue weighted by Gasteiger charge is -2.01. The van der Waals surface area contributed by atoms with Gasteiger partial charge >= 0.3 is 0 Å². The summed E-state index contributed by atoms with van der Waals surface area (Å²) in [5, 5.41) is 1.15. The zero-order chi connectivity index (χ0) is 9.42. The van der Waals surface area contributed by atoms with Crippen LogP contribution in [0.2, 0.25) is 0 Å². The van der Waals surface area contributed by atoms with Crippen molar-refractivity contribution in [1.82, 2.24) is 4.98 Å². The Kier molecular flexibility index (Phi) is 2.39. The van der Waals surface area contributed by atoms with E-state index in [4.69, 9.17) is 0 Å². The van der Waals surface area contributed by atoms with Gasteiger partial charge in [0.2, 0.25) is 0 Å². The van der Waals surface area contributed by atoms with Gasteiger partial charge in [-0.05, 0) is 31.2 Å². The van der Waals surface area contributed by atoms with Crippen LogP contribution in [-0.2, 0) is 0 Å². The SMILES string of the molecule is Cc1ccc2c(Br)cc(Br)cc2n1. The van der Waals surface area contributed by atoms with Gasteiger partial charge < -0.3 is 0 Å². The van der Waals surface area contributed by atoms with Gasteiger partial charge in [-0.3, -0.25) is 4.98 Å². The van der Waals surface area contributed by atoms with Gasteiger partial charge in [-0.25, -0.2) is 0 Å². The number of nitrogens with zero attached hydrogens (tertiary/aromatic N) is 1. The molecule has 1 nitrogen and oxygen atoms in total. The molecule has 0 saturated carbocycles. The van der Waals surface area contributed by atoms with Crippen molar-refractivity contribution in [3.8, 4) is 0 Å². The molecule has 66 valence electrons. The molecule has 0 fully saturated rings. The molecule has 0 aliphatic carbocycles. The Balaban J connectivity index is 2.86. The summed E-state index contributed by atoms with van der Waals surface area (Å²) in [7, 11) is 0. The molecule has 0 aliphatic rings. The van der Waals surface area contributed by atoms with E-state index in [0.29, 0.717) is 0 Å². The summed E-state index contributed by atoms with van der Waals surface area (Å²) in [6.45, 7) is 1.99. The minimum absolute atomic E-state index is 1.02. The largest absolute Gasteiger partial charge is 0.253 e. The first-order valence-corrected chi connectivity index (χ1v) is 5.48. The van der Waals surface area contributed by atoms with Gasteiger partial charge in [0.1, 0.15) is 0 Å². The summed E-state index contributed by atoms with van der Waals surface area (Å²) in [5.74, 6) is 0. The molecule has 0 unspecified atom stereocenters. The number of hydrogen-bond donors (Lipinski definition) is 0. The second-order valence-corrected chi connectivity index (χ2v) is 4.68. The van der Waals surface area contributed by atoms with Crippen LogP contribution in [-0.4, -0.2) is 4.98 Å². The minimum atomic E-state index is 1.02. The van der Waals surface area contributed by atoms with Crippen LogP contribution in [0.25, 0.3) is 10.9 Å². The lowest BCUT2D eigenvalue weighted by molar-refractivity contribution is 1.25. The Morgan fingerprint density at radius 2 is 1.92 bits per heavy atom. The van der Waals surface area contributed by atoms with Crippen molar-refractivity contribution in [2.24, 2.45) is 0 Å². The minimum Gasteiger partial charge on any atom is -0.253 e. The topological polar surface area (TPSA) is 12.9 Å². The Bertz CT molecular complexity index is 460. The fraction of sp³-hybridized carbons (Fsp3) is 0.100. The van der Waals surface area contributed by atoms with Crippen molar-refractivity contribution in [1.29, 1.82) is 0 Å². The van der Waals surface area contributed by atoms with Crippen molar-refractivity contribution >= 4 is 42.8 Å². The van der Waals surface area contributed by atoms with E-state index in [1.165, 1.54) is 0 Å². The quantitative estimate of drug-likeness (QED) is 0.715. The molecule has 2 rings (SSSR count). The van der Waals surface area contributed by atoms with Crippen LogP contribution in [0.5, 0.6) is 0 Å². The van der Waals surface area contributed by atoms with Crippen LogP contribution in [0.1, 0.15) is 5.69 Å². The lowest BCUT2D eigenvalue weighted by atomic mass is 10.2. The van der Waals surface area contributed by atoms with Gasteiger partial charge in [-0.2, -0.15) is 0 Å². The summed E-state index contributed by atoms with van der Waals surface area (Å²) in [5.41, 5.74) is 2.05. The van der Waals surface area contributed by atoms with E-state index in [9.17, 15) is 0 Å². The maximum Gasteiger partial charge on any atom is 0.0727 e. The lowest BCUT2D eigenvalue weighted by Crippen LogP contribution is -1.83. The molecule has 3 heteroatoms. The highest BCUT2D eigenvalue weighted by atomic mass is 79.9. The Labute approximate surface area is 93.4 Å². The predicted octanol–water partition coefficient (Wildman–Crippen LogP) is 4.07. The van der Waals surface area contributed by atoms with Crippen molar-refractivity contribution in [3.05, 3.63) is 38.9 Å². The van der Waals surface area contributed by atoms with E-state index in [-0.39, 0.29) is 0 Å². The fourth-order valence-electron chi connectivity index (χ4n) is 1.26. The molecule has 0 N–H and O–H groups in total. The molecule has 0 bridgehead atoms. The number of hydrogen-bond acceptors (Lipinski definition) is 1. The molecule has 2 aromatic rings. The molecule has 13 heavy (non-hydrogen) atoms. The average Bonchev–Trinajstić information content (AvgIpc) is 2.02. The molecule has 0 amide bonds. The van der Waals surface area contributed by atoms with Crippen LogP contribution in [0.15, 0.2) is 33.2 Å². The standard InChI is InChI=1S/C10H7Br2N/c1-6-2-3-8-9(12)4-7(11)5-10(8)13-6/h2-5H,1H3. The van der Waals surface area contributed by atoms with Crippen molar-refractivity contribution < 1.29 is 0 Å². The Hall–Kier alpha value is -0.410. The molecule has 1 aromatic heterocycles. The number of benzene rings is 1. The van der Waals surface area contributed by atoms with E-state index < -0.39 is 0 Å². The summed E-state index contributed by atoms with van der Waals surface area (Å²) >= 11 is 6.94. The third-order valence-corrected chi connectivity index (χ3v) is 2.97. The zero-order valence-electron chi connectivity index (χ0n) is 7.01. The maximum absolute atomic E-state index is 4.44. The van der Waals surface area contributed by atoms with Crippen molar-refractivity contribution in [3.63, 3.8) is 0 Å². The summed E-state index contributed by atoms with van der Waals surface area (Å²) < 4.78 is 2.12. The van der Waals surface area contributed by atoms with Crippen LogP contribution in [0, 0.1) is 6.92 Å². The number of aromatic nitrogens is 1. The van der Waals surface area contributed by atoms with Crippen molar-refractivity contribution in [2.45, 2.75) is 6.92 Å². The van der Waals surface area contributed by atoms with Crippen LogP contribution in [0.4, 0.5) is 0 Å². The summed E-state index contributed by atoms with van der Waals surface area (Å²) in [4.78, 5) is 4.44. The molecule has 0 aliphatic heterocycles. The van der Waals surface area contributed by atoms with Gasteiger partial charge in [0, 0.05) is 20.0 Å². The van der Waals surface area contributed by atoms with Crippen molar-refractivity contribution in [2.75, 3.05) is 0 Å².